The average molecular weight is 550 g/mol. The van der Waals surface area contributed by atoms with E-state index in [1.807, 2.05) is 4.90 Å². The molecule has 10 nitrogen and oxygen atoms in total. The Hall–Kier alpha value is -3.68. The largest absolute Gasteiger partial charge is 0.416 e. The molecule has 0 unspecified atom stereocenters. The second kappa shape index (κ2) is 12.5. The number of nitrogens with one attached hydrogen (secondary N) is 1. The summed E-state index contributed by atoms with van der Waals surface area (Å²) in [6, 6.07) is 10.1. The van der Waals surface area contributed by atoms with Crippen LogP contribution in [0.2, 0.25) is 0 Å². The molecule has 0 radical (unpaired) electrons. The molecule has 4 amide bonds. The molecule has 0 aromatic heterocycles. The molecule has 0 aliphatic carbocycles. The standard InChI is InChI=1S/C26H30F3N5O5/c27-26(28,29)21-5-7-22(8-6-21)34(17-19-1-3-20(4-2-19)24(36)30-38)25(37)33-11-9-31(10-12-33)18-23(35)32-13-15-39-16-14-32/h1-8,38H,9-18H2,(H,30,36). The Morgan fingerprint density at radius 2 is 1.49 bits per heavy atom. The molecule has 39 heavy (non-hydrogen) atoms. The number of rotatable bonds is 6. The summed E-state index contributed by atoms with van der Waals surface area (Å²) in [5.74, 6) is -0.676. The van der Waals surface area contributed by atoms with E-state index in [9.17, 15) is 27.6 Å². The fraction of sp³-hybridized carbons (Fsp3) is 0.423. The number of hydrogen-bond donors (Lipinski definition) is 2. The molecule has 0 atom stereocenters. The lowest BCUT2D eigenvalue weighted by Gasteiger charge is -2.38. The van der Waals surface area contributed by atoms with Crippen molar-refractivity contribution >= 4 is 23.5 Å². The Morgan fingerprint density at radius 3 is 2.05 bits per heavy atom. The highest BCUT2D eigenvalue weighted by atomic mass is 19.4. The van der Waals surface area contributed by atoms with Crippen molar-refractivity contribution in [3.8, 4) is 0 Å². The Bertz CT molecular complexity index is 1150. The van der Waals surface area contributed by atoms with Crippen molar-refractivity contribution in [2.75, 3.05) is 63.9 Å². The smallest absolute Gasteiger partial charge is 0.378 e. The van der Waals surface area contributed by atoms with Crippen LogP contribution in [-0.2, 0) is 22.3 Å². The molecular formula is C26H30F3N5O5. The van der Waals surface area contributed by atoms with Gasteiger partial charge in [-0.2, -0.15) is 13.2 Å². The second-order valence-corrected chi connectivity index (χ2v) is 9.31. The van der Waals surface area contributed by atoms with Gasteiger partial charge in [0.25, 0.3) is 5.91 Å². The lowest BCUT2D eigenvalue weighted by atomic mass is 10.1. The zero-order valence-corrected chi connectivity index (χ0v) is 21.2. The van der Waals surface area contributed by atoms with Crippen molar-refractivity contribution in [2.45, 2.75) is 12.7 Å². The van der Waals surface area contributed by atoms with Crippen molar-refractivity contribution in [1.82, 2.24) is 20.2 Å². The predicted molar refractivity (Wildman–Crippen MR) is 134 cm³/mol. The van der Waals surface area contributed by atoms with Crippen LogP contribution in [-0.4, -0.2) is 96.8 Å². The summed E-state index contributed by atoms with van der Waals surface area (Å²) in [5, 5.41) is 8.81. The third-order valence-electron chi connectivity index (χ3n) is 6.76. The molecule has 0 saturated carbocycles. The molecule has 2 aliphatic heterocycles. The third-order valence-corrected chi connectivity index (χ3v) is 6.76. The van der Waals surface area contributed by atoms with Gasteiger partial charge in [0, 0.05) is 50.5 Å². The van der Waals surface area contributed by atoms with Crippen LogP contribution in [0.5, 0.6) is 0 Å². The van der Waals surface area contributed by atoms with Gasteiger partial charge in [0.15, 0.2) is 0 Å². The highest BCUT2D eigenvalue weighted by Gasteiger charge is 2.32. The summed E-state index contributed by atoms with van der Waals surface area (Å²) in [6.45, 7) is 4.11. The zero-order chi connectivity index (χ0) is 28.0. The lowest BCUT2D eigenvalue weighted by molar-refractivity contribution is -0.138. The normalized spacial score (nSPS) is 16.6. The maximum Gasteiger partial charge on any atom is 0.416 e. The molecule has 13 heteroatoms. The van der Waals surface area contributed by atoms with E-state index in [1.165, 1.54) is 29.2 Å². The van der Waals surface area contributed by atoms with Crippen LogP contribution in [0.4, 0.5) is 23.7 Å². The van der Waals surface area contributed by atoms with Gasteiger partial charge in [-0.05, 0) is 42.0 Å². The van der Waals surface area contributed by atoms with Crippen LogP contribution in [0.3, 0.4) is 0 Å². The summed E-state index contributed by atoms with van der Waals surface area (Å²) in [5.41, 5.74) is 1.85. The SMILES string of the molecule is O=C(NO)c1ccc(CN(C(=O)N2CCN(CC(=O)N3CCOCC3)CC2)c2ccc(C(F)(F)F)cc2)cc1. The Kier molecular flexibility index (Phi) is 9.04. The first-order valence-corrected chi connectivity index (χ1v) is 12.5. The number of urea groups is 1. The molecule has 0 bridgehead atoms. The minimum atomic E-state index is -4.51. The average Bonchev–Trinajstić information content (AvgIpc) is 2.96. The van der Waals surface area contributed by atoms with Gasteiger partial charge >= 0.3 is 12.2 Å². The number of ether oxygens (including phenoxy) is 1. The van der Waals surface area contributed by atoms with Gasteiger partial charge in [-0.15, -0.1) is 0 Å². The third kappa shape index (κ3) is 7.25. The van der Waals surface area contributed by atoms with E-state index in [-0.39, 0.29) is 36.3 Å². The van der Waals surface area contributed by atoms with Crippen molar-refractivity contribution in [3.63, 3.8) is 0 Å². The van der Waals surface area contributed by atoms with E-state index in [2.05, 4.69) is 0 Å². The number of piperazine rings is 1. The van der Waals surface area contributed by atoms with E-state index in [0.29, 0.717) is 58.0 Å². The number of nitrogens with zero attached hydrogens (tertiary/aromatic N) is 4. The van der Waals surface area contributed by atoms with E-state index >= 15 is 0 Å². The topological polar surface area (TPSA) is 106 Å². The lowest BCUT2D eigenvalue weighted by Crippen LogP contribution is -2.55. The van der Waals surface area contributed by atoms with E-state index < -0.39 is 17.6 Å². The first-order chi connectivity index (χ1) is 18.7. The van der Waals surface area contributed by atoms with E-state index in [1.54, 1.807) is 27.4 Å². The Morgan fingerprint density at radius 1 is 0.872 bits per heavy atom. The molecule has 2 aromatic rings. The van der Waals surface area contributed by atoms with E-state index in [4.69, 9.17) is 9.94 Å². The number of morpholine rings is 1. The number of hydroxylamine groups is 1. The summed E-state index contributed by atoms with van der Waals surface area (Å²) in [4.78, 5) is 44.6. The number of hydrogen-bond acceptors (Lipinski definition) is 6. The van der Waals surface area contributed by atoms with Gasteiger partial charge in [-0.3, -0.25) is 24.6 Å². The van der Waals surface area contributed by atoms with Gasteiger partial charge in [-0.1, -0.05) is 12.1 Å². The zero-order valence-electron chi connectivity index (χ0n) is 21.2. The maximum absolute atomic E-state index is 13.6. The number of amides is 4. The van der Waals surface area contributed by atoms with Gasteiger partial charge in [0.05, 0.1) is 31.9 Å². The number of carbonyl (C=O) groups excluding carboxylic acids is 3. The van der Waals surface area contributed by atoms with Gasteiger partial charge < -0.3 is 14.5 Å². The van der Waals surface area contributed by atoms with Crippen molar-refractivity contribution in [2.24, 2.45) is 0 Å². The predicted octanol–water partition coefficient (Wildman–Crippen LogP) is 2.43. The highest BCUT2D eigenvalue weighted by Crippen LogP contribution is 2.31. The minimum Gasteiger partial charge on any atom is -0.378 e. The summed E-state index contributed by atoms with van der Waals surface area (Å²) in [7, 11) is 0. The number of alkyl halides is 3. The number of anilines is 1. The van der Waals surface area contributed by atoms with Crippen LogP contribution < -0.4 is 10.4 Å². The fourth-order valence-corrected chi connectivity index (χ4v) is 4.48. The monoisotopic (exact) mass is 549 g/mol. The first-order valence-electron chi connectivity index (χ1n) is 12.5. The molecule has 2 saturated heterocycles. The molecule has 0 spiro atoms. The summed E-state index contributed by atoms with van der Waals surface area (Å²) >= 11 is 0. The van der Waals surface area contributed by atoms with Crippen molar-refractivity contribution in [3.05, 3.63) is 65.2 Å². The van der Waals surface area contributed by atoms with Crippen LogP contribution in [0.15, 0.2) is 48.5 Å². The molecule has 2 aromatic carbocycles. The van der Waals surface area contributed by atoms with Crippen LogP contribution in [0.1, 0.15) is 21.5 Å². The van der Waals surface area contributed by atoms with Gasteiger partial charge in [0.1, 0.15) is 0 Å². The number of halogens is 3. The quantitative estimate of drug-likeness (QED) is 0.424. The highest BCUT2D eigenvalue weighted by molar-refractivity contribution is 5.94. The second-order valence-electron chi connectivity index (χ2n) is 9.31. The molecular weight excluding hydrogens is 519 g/mol. The maximum atomic E-state index is 13.6. The molecule has 2 heterocycles. The van der Waals surface area contributed by atoms with Gasteiger partial charge in [0.2, 0.25) is 5.91 Å². The van der Waals surface area contributed by atoms with Crippen LogP contribution >= 0.6 is 0 Å². The summed E-state index contributed by atoms with van der Waals surface area (Å²) < 4.78 is 44.6. The summed E-state index contributed by atoms with van der Waals surface area (Å²) in [6.07, 6.45) is -4.51. The molecule has 2 N–H and O–H groups in total. The molecule has 4 rings (SSSR count). The van der Waals surface area contributed by atoms with E-state index in [0.717, 1.165) is 12.1 Å². The Balaban J connectivity index is 1.45. The fourth-order valence-electron chi connectivity index (χ4n) is 4.48. The first kappa shape index (κ1) is 28.3. The van der Waals surface area contributed by atoms with Crippen LogP contribution in [0.25, 0.3) is 0 Å². The van der Waals surface area contributed by atoms with Crippen molar-refractivity contribution in [1.29, 1.82) is 0 Å². The number of carbonyl (C=O) groups is 3. The Labute approximate surface area is 223 Å². The molecule has 2 fully saturated rings. The number of benzene rings is 2. The minimum absolute atomic E-state index is 0.0165. The molecule has 2 aliphatic rings. The molecule has 210 valence electrons. The van der Waals surface area contributed by atoms with Crippen molar-refractivity contribution < 1.29 is 37.5 Å². The van der Waals surface area contributed by atoms with Crippen LogP contribution in [0, 0.1) is 0 Å². The van der Waals surface area contributed by atoms with Gasteiger partial charge in [-0.25, -0.2) is 10.3 Å².